The first-order chi connectivity index (χ1) is 10.8. The molecule has 0 saturated carbocycles. The van der Waals surface area contributed by atoms with E-state index in [0.717, 1.165) is 47.9 Å². The number of Topliss-reactive ketones (excluding diaryl/α,β-unsaturated/α-hetero) is 1. The standard InChI is InChI=1S/C14H18N4O3S2/c15-11(20)10-6-3-1-2-4-7(6)23-14(10,17)9(19)5-8-12(21)18-13(16)22-8/h8,10H,1-5,17H2,(H2,15,20)(H2,16,18,21). The first kappa shape index (κ1) is 16.5. The topological polar surface area (TPSA) is 142 Å². The van der Waals surface area contributed by atoms with Crippen molar-refractivity contribution in [2.75, 3.05) is 0 Å². The lowest BCUT2D eigenvalue weighted by molar-refractivity contribution is -0.129. The molecular weight excluding hydrogens is 336 g/mol. The van der Waals surface area contributed by atoms with Crippen LogP contribution in [0.1, 0.15) is 32.1 Å². The Morgan fingerprint density at radius 2 is 2.00 bits per heavy atom. The number of nitrogens with two attached hydrogens (primary N) is 3. The predicted octanol–water partition coefficient (Wildman–Crippen LogP) is 0.234. The molecule has 0 fully saturated rings. The Kier molecular flexibility index (Phi) is 4.28. The maximum absolute atomic E-state index is 12.8. The monoisotopic (exact) mass is 354 g/mol. The molecule has 2 aliphatic heterocycles. The predicted molar refractivity (Wildman–Crippen MR) is 90.3 cm³/mol. The molecule has 2 amide bonds. The van der Waals surface area contributed by atoms with E-state index >= 15 is 0 Å². The lowest BCUT2D eigenvalue weighted by atomic mass is 9.82. The lowest BCUT2D eigenvalue weighted by Crippen LogP contribution is -2.54. The van der Waals surface area contributed by atoms with Crippen molar-refractivity contribution in [2.45, 2.75) is 42.2 Å². The van der Waals surface area contributed by atoms with Crippen LogP contribution in [0, 0.1) is 5.92 Å². The third-order valence-electron chi connectivity index (χ3n) is 4.38. The highest BCUT2D eigenvalue weighted by Gasteiger charge is 2.54. The molecule has 0 aromatic heterocycles. The number of hydrogen-bond donors (Lipinski definition) is 3. The summed E-state index contributed by atoms with van der Waals surface area (Å²) in [5.74, 6) is -2.16. The van der Waals surface area contributed by atoms with Crippen LogP contribution in [-0.2, 0) is 14.4 Å². The normalized spacial score (nSPS) is 33.6. The van der Waals surface area contributed by atoms with Crippen molar-refractivity contribution in [2.24, 2.45) is 28.1 Å². The van der Waals surface area contributed by atoms with Crippen LogP contribution in [0.25, 0.3) is 0 Å². The highest BCUT2D eigenvalue weighted by Crippen LogP contribution is 2.53. The summed E-state index contributed by atoms with van der Waals surface area (Å²) in [6, 6.07) is 0. The van der Waals surface area contributed by atoms with Crippen LogP contribution in [0.15, 0.2) is 15.5 Å². The van der Waals surface area contributed by atoms with E-state index in [4.69, 9.17) is 17.2 Å². The molecule has 0 bridgehead atoms. The Balaban J connectivity index is 1.82. The summed E-state index contributed by atoms with van der Waals surface area (Å²) in [6.45, 7) is 0. The van der Waals surface area contributed by atoms with E-state index < -0.39 is 27.9 Å². The van der Waals surface area contributed by atoms with Gasteiger partial charge in [0, 0.05) is 6.42 Å². The summed E-state index contributed by atoms with van der Waals surface area (Å²) in [5.41, 5.74) is 18.3. The van der Waals surface area contributed by atoms with Crippen molar-refractivity contribution in [1.82, 2.24) is 0 Å². The van der Waals surface area contributed by atoms with Crippen LogP contribution in [0.5, 0.6) is 0 Å². The number of thioether (sulfide) groups is 2. The average Bonchev–Trinajstić information content (AvgIpc) is 2.95. The van der Waals surface area contributed by atoms with Gasteiger partial charge in [-0.25, -0.2) is 0 Å². The second-order valence-electron chi connectivity index (χ2n) is 5.91. The largest absolute Gasteiger partial charge is 0.378 e. The molecule has 6 N–H and O–H groups in total. The van der Waals surface area contributed by atoms with E-state index in [0.29, 0.717) is 0 Å². The Bertz CT molecular complexity index is 660. The van der Waals surface area contributed by atoms with Crippen molar-refractivity contribution < 1.29 is 14.4 Å². The molecular formula is C14H18N4O3S2. The van der Waals surface area contributed by atoms with Gasteiger partial charge in [-0.3, -0.25) is 14.4 Å². The highest BCUT2D eigenvalue weighted by molar-refractivity contribution is 8.15. The van der Waals surface area contributed by atoms with Gasteiger partial charge in [-0.2, -0.15) is 4.99 Å². The van der Waals surface area contributed by atoms with Crippen molar-refractivity contribution >= 4 is 46.3 Å². The smallest absolute Gasteiger partial charge is 0.262 e. The maximum atomic E-state index is 12.8. The third-order valence-corrected chi connectivity index (χ3v) is 6.88. The van der Waals surface area contributed by atoms with Crippen LogP contribution in [0.4, 0.5) is 0 Å². The first-order valence-corrected chi connectivity index (χ1v) is 9.09. The molecule has 0 spiro atoms. The van der Waals surface area contributed by atoms with Gasteiger partial charge in [0.2, 0.25) is 5.91 Å². The highest BCUT2D eigenvalue weighted by atomic mass is 32.2. The number of carbonyl (C=O) groups is 3. The van der Waals surface area contributed by atoms with Crippen LogP contribution < -0.4 is 17.2 Å². The molecule has 3 atom stereocenters. The quantitative estimate of drug-likeness (QED) is 0.656. The van der Waals surface area contributed by atoms with Crippen LogP contribution in [0.2, 0.25) is 0 Å². The summed E-state index contributed by atoms with van der Waals surface area (Å²) in [4.78, 5) is 39.7. The van der Waals surface area contributed by atoms with Gasteiger partial charge in [0.1, 0.15) is 10.1 Å². The molecule has 1 aliphatic carbocycles. The molecule has 0 saturated heterocycles. The molecule has 9 heteroatoms. The summed E-state index contributed by atoms with van der Waals surface area (Å²) in [6.07, 6.45) is 3.46. The Morgan fingerprint density at radius 3 is 2.61 bits per heavy atom. The van der Waals surface area contributed by atoms with E-state index in [9.17, 15) is 14.4 Å². The molecule has 0 radical (unpaired) electrons. The minimum atomic E-state index is -1.42. The summed E-state index contributed by atoms with van der Waals surface area (Å²) in [5, 5.41) is -0.503. The van der Waals surface area contributed by atoms with Gasteiger partial charge < -0.3 is 17.2 Å². The van der Waals surface area contributed by atoms with Crippen molar-refractivity contribution in [3.8, 4) is 0 Å². The number of allylic oxidation sites excluding steroid dienone is 1. The Labute approximate surface area is 141 Å². The minimum Gasteiger partial charge on any atom is -0.378 e. The first-order valence-electron chi connectivity index (χ1n) is 7.40. The molecule has 23 heavy (non-hydrogen) atoms. The zero-order valence-corrected chi connectivity index (χ0v) is 14.0. The molecule has 0 aromatic carbocycles. The van der Waals surface area contributed by atoms with Crippen LogP contribution in [0.3, 0.4) is 0 Å². The van der Waals surface area contributed by atoms with Gasteiger partial charge >= 0.3 is 0 Å². The van der Waals surface area contributed by atoms with Crippen molar-refractivity contribution in [3.63, 3.8) is 0 Å². The Morgan fingerprint density at radius 1 is 1.30 bits per heavy atom. The number of hydrogen-bond acceptors (Lipinski definition) is 7. The fourth-order valence-electron chi connectivity index (χ4n) is 3.31. The second-order valence-corrected chi connectivity index (χ2v) is 8.50. The maximum Gasteiger partial charge on any atom is 0.262 e. The fourth-order valence-corrected chi connectivity index (χ4v) is 5.71. The second kappa shape index (κ2) is 5.95. The van der Waals surface area contributed by atoms with Gasteiger partial charge in [-0.1, -0.05) is 23.5 Å². The van der Waals surface area contributed by atoms with Gasteiger partial charge in [0.15, 0.2) is 11.0 Å². The van der Waals surface area contributed by atoms with Gasteiger partial charge in [-0.05, 0) is 36.2 Å². The minimum absolute atomic E-state index is 0.0957. The number of rotatable bonds is 4. The number of aliphatic imine (C=N–C) groups is 1. The zero-order chi connectivity index (χ0) is 16.8. The van der Waals surface area contributed by atoms with Gasteiger partial charge in [0.05, 0.1) is 5.92 Å². The molecule has 124 valence electrons. The number of nitrogens with zero attached hydrogens (tertiary/aromatic N) is 1. The molecule has 2 heterocycles. The third kappa shape index (κ3) is 2.81. The molecule has 3 rings (SSSR count). The van der Waals surface area contributed by atoms with E-state index in [2.05, 4.69) is 4.99 Å². The number of carbonyl (C=O) groups excluding carboxylic acids is 3. The Hall–Kier alpha value is -1.32. The molecule has 3 aliphatic rings. The summed E-state index contributed by atoms with van der Waals surface area (Å²) in [7, 11) is 0. The van der Waals surface area contributed by atoms with Crippen molar-refractivity contribution in [3.05, 3.63) is 10.5 Å². The average molecular weight is 354 g/mol. The number of primary amides is 1. The van der Waals surface area contributed by atoms with Gasteiger partial charge in [-0.15, -0.1) is 0 Å². The van der Waals surface area contributed by atoms with Crippen LogP contribution >= 0.6 is 23.5 Å². The zero-order valence-electron chi connectivity index (χ0n) is 12.4. The number of amidine groups is 1. The summed E-state index contributed by atoms with van der Waals surface area (Å²) >= 11 is 2.30. The number of ketones is 1. The van der Waals surface area contributed by atoms with Crippen LogP contribution in [-0.4, -0.2) is 32.9 Å². The lowest BCUT2D eigenvalue weighted by Gasteiger charge is -2.29. The molecule has 0 aromatic rings. The molecule has 3 unspecified atom stereocenters. The van der Waals surface area contributed by atoms with Gasteiger partial charge in [0.25, 0.3) is 5.91 Å². The summed E-state index contributed by atoms with van der Waals surface area (Å²) < 4.78 is 0. The fraction of sp³-hybridized carbons (Fsp3) is 0.571. The van der Waals surface area contributed by atoms with E-state index in [1.165, 1.54) is 11.8 Å². The van der Waals surface area contributed by atoms with E-state index in [1.807, 2.05) is 0 Å². The van der Waals surface area contributed by atoms with E-state index in [-0.39, 0.29) is 17.4 Å². The van der Waals surface area contributed by atoms with E-state index in [1.54, 1.807) is 0 Å². The van der Waals surface area contributed by atoms with Crippen molar-refractivity contribution in [1.29, 1.82) is 0 Å². The number of amides is 2. The molecule has 7 nitrogen and oxygen atoms in total. The SMILES string of the molecule is NC(=O)C1C2=C(CCCC2)SC1(N)C(=O)CC1SC(N)=NC1=O.